The molecule has 2 fully saturated rings. The van der Waals surface area contributed by atoms with Crippen LogP contribution < -0.4 is 5.32 Å². The molecular weight excluding hydrogens is 424 g/mol. The SMILES string of the molecule is COC(=O)[C@@H]1CC[C@H](C#C[Si](C)(C)C)N1C(=O)[C@@H](NC(=O)OC(C)(C)C)C1CCCCC1. The van der Waals surface area contributed by atoms with E-state index in [0.29, 0.717) is 12.8 Å². The maximum absolute atomic E-state index is 13.9. The zero-order valence-corrected chi connectivity index (χ0v) is 21.7. The van der Waals surface area contributed by atoms with Crippen molar-refractivity contribution >= 4 is 26.0 Å². The highest BCUT2D eigenvalue weighted by Crippen LogP contribution is 2.32. The summed E-state index contributed by atoms with van der Waals surface area (Å²) in [6.45, 7) is 11.8. The quantitative estimate of drug-likeness (QED) is 0.388. The number of hydrogen-bond acceptors (Lipinski definition) is 5. The molecule has 0 aromatic heterocycles. The number of hydrogen-bond donors (Lipinski definition) is 1. The van der Waals surface area contributed by atoms with Crippen LogP contribution in [0, 0.1) is 17.4 Å². The number of carbonyl (C=O) groups excluding carboxylic acids is 3. The molecule has 0 radical (unpaired) electrons. The first-order valence-electron chi connectivity index (χ1n) is 11.7. The number of nitrogens with zero attached hydrogens (tertiary/aromatic N) is 1. The molecule has 32 heavy (non-hydrogen) atoms. The minimum absolute atomic E-state index is 0.00765. The van der Waals surface area contributed by atoms with Crippen LogP contribution >= 0.6 is 0 Å². The van der Waals surface area contributed by atoms with Gasteiger partial charge in [0.2, 0.25) is 5.91 Å². The Morgan fingerprint density at radius 1 is 1.03 bits per heavy atom. The van der Waals surface area contributed by atoms with Gasteiger partial charge in [-0.15, -0.1) is 5.54 Å². The molecule has 8 heteroatoms. The van der Waals surface area contributed by atoms with Gasteiger partial charge in [0.05, 0.1) is 13.2 Å². The summed E-state index contributed by atoms with van der Waals surface area (Å²) in [7, 11) is -0.327. The van der Waals surface area contributed by atoms with Gasteiger partial charge in [0.15, 0.2) is 0 Å². The van der Waals surface area contributed by atoms with Gasteiger partial charge < -0.3 is 19.7 Å². The Labute approximate surface area is 194 Å². The minimum Gasteiger partial charge on any atom is -0.467 e. The first-order valence-corrected chi connectivity index (χ1v) is 15.2. The maximum atomic E-state index is 13.9. The zero-order chi connectivity index (χ0) is 24.1. The summed E-state index contributed by atoms with van der Waals surface area (Å²) in [5, 5.41) is 2.85. The highest BCUT2D eigenvalue weighted by Gasteiger charge is 2.45. The van der Waals surface area contributed by atoms with Gasteiger partial charge in [0, 0.05) is 0 Å². The number of amides is 2. The Kier molecular flexibility index (Phi) is 8.80. The maximum Gasteiger partial charge on any atom is 0.408 e. The Balaban J connectivity index is 2.36. The summed E-state index contributed by atoms with van der Waals surface area (Å²) < 4.78 is 10.4. The fraction of sp³-hybridized carbons (Fsp3) is 0.792. The van der Waals surface area contributed by atoms with Crippen molar-refractivity contribution in [1.29, 1.82) is 0 Å². The molecule has 2 aliphatic rings. The van der Waals surface area contributed by atoms with E-state index in [2.05, 4.69) is 36.4 Å². The van der Waals surface area contributed by atoms with Gasteiger partial charge in [-0.05, 0) is 52.4 Å². The second kappa shape index (κ2) is 10.7. The molecule has 0 unspecified atom stereocenters. The van der Waals surface area contributed by atoms with Gasteiger partial charge in [-0.1, -0.05) is 44.8 Å². The second-order valence-corrected chi connectivity index (χ2v) is 15.7. The first-order chi connectivity index (χ1) is 14.8. The fourth-order valence-corrected chi connectivity index (χ4v) is 4.97. The number of rotatable bonds is 4. The Morgan fingerprint density at radius 3 is 2.19 bits per heavy atom. The van der Waals surface area contributed by atoms with Crippen LogP contribution in [-0.2, 0) is 19.1 Å². The Bertz CT molecular complexity index is 753. The number of esters is 1. The van der Waals surface area contributed by atoms with E-state index < -0.39 is 37.8 Å². The summed E-state index contributed by atoms with van der Waals surface area (Å²) in [5.41, 5.74) is 2.68. The van der Waals surface area contributed by atoms with Crippen molar-refractivity contribution in [2.24, 2.45) is 5.92 Å². The number of likely N-dealkylation sites (tertiary alicyclic amines) is 1. The largest absolute Gasteiger partial charge is 0.467 e. The molecule has 3 atom stereocenters. The second-order valence-electron chi connectivity index (χ2n) is 10.9. The van der Waals surface area contributed by atoms with Crippen LogP contribution in [0.1, 0.15) is 65.7 Å². The Morgan fingerprint density at radius 2 is 1.66 bits per heavy atom. The summed E-state index contributed by atoms with van der Waals surface area (Å²) in [4.78, 5) is 40.6. The third-order valence-corrected chi connectivity index (χ3v) is 6.68. The normalized spacial score (nSPS) is 23.0. The Hall–Kier alpha value is -2.01. The number of methoxy groups -OCH3 is 1. The highest BCUT2D eigenvalue weighted by molar-refractivity contribution is 6.83. The number of ether oxygens (including phenoxy) is 2. The monoisotopic (exact) mass is 464 g/mol. The number of alkyl carbamates (subject to hydrolysis) is 1. The van der Waals surface area contributed by atoms with Gasteiger partial charge in [0.25, 0.3) is 0 Å². The van der Waals surface area contributed by atoms with Crippen molar-refractivity contribution in [2.45, 2.75) is 109 Å². The van der Waals surface area contributed by atoms with Crippen molar-refractivity contribution in [3.05, 3.63) is 0 Å². The van der Waals surface area contributed by atoms with Crippen LogP contribution in [0.15, 0.2) is 0 Å². The molecule has 180 valence electrons. The van der Waals surface area contributed by atoms with E-state index in [1.165, 1.54) is 7.11 Å². The highest BCUT2D eigenvalue weighted by atomic mass is 28.3. The fourth-order valence-electron chi connectivity index (χ4n) is 4.37. The van der Waals surface area contributed by atoms with Gasteiger partial charge in [-0.2, -0.15) is 0 Å². The van der Waals surface area contributed by atoms with E-state index in [0.717, 1.165) is 32.1 Å². The van der Waals surface area contributed by atoms with Gasteiger partial charge in [-0.3, -0.25) is 4.79 Å². The van der Waals surface area contributed by atoms with Gasteiger partial charge in [0.1, 0.15) is 25.8 Å². The zero-order valence-electron chi connectivity index (χ0n) is 20.7. The van der Waals surface area contributed by atoms with Crippen molar-refractivity contribution < 1.29 is 23.9 Å². The van der Waals surface area contributed by atoms with E-state index >= 15 is 0 Å². The average molecular weight is 465 g/mol. The molecule has 0 aromatic carbocycles. The average Bonchev–Trinajstić information content (AvgIpc) is 3.12. The lowest BCUT2D eigenvalue weighted by molar-refractivity contribution is -0.153. The molecular formula is C24H40N2O5Si. The summed E-state index contributed by atoms with van der Waals surface area (Å²) in [6.07, 6.45) is 5.39. The minimum atomic E-state index is -1.66. The van der Waals surface area contributed by atoms with E-state index in [-0.39, 0.29) is 17.9 Å². The molecule has 2 rings (SSSR count). The molecule has 2 amide bonds. The van der Waals surface area contributed by atoms with Crippen LogP contribution in [0.4, 0.5) is 4.79 Å². The summed E-state index contributed by atoms with van der Waals surface area (Å²) >= 11 is 0. The molecule has 1 saturated heterocycles. The summed E-state index contributed by atoms with van der Waals surface area (Å²) in [6, 6.07) is -1.78. The lowest BCUT2D eigenvalue weighted by Gasteiger charge is -2.36. The van der Waals surface area contributed by atoms with Crippen molar-refractivity contribution in [1.82, 2.24) is 10.2 Å². The predicted molar refractivity (Wildman–Crippen MR) is 127 cm³/mol. The standard InChI is InChI=1S/C24H40N2O5Si/c1-24(2,3)31-23(29)25-20(17-11-9-8-10-12-17)21(27)26-18(15-16-32(5,6)7)13-14-19(26)22(28)30-4/h17-20H,8-14H2,1-7H3,(H,25,29)/t18-,19+,20+/m1/s1. The van der Waals surface area contributed by atoms with Gasteiger partial charge >= 0.3 is 12.1 Å². The van der Waals surface area contributed by atoms with Crippen molar-refractivity contribution in [3.63, 3.8) is 0 Å². The van der Waals surface area contributed by atoms with Crippen LogP contribution in [-0.4, -0.2) is 61.8 Å². The van der Waals surface area contributed by atoms with Crippen LogP contribution in [0.3, 0.4) is 0 Å². The third kappa shape index (κ3) is 7.54. The molecule has 1 aliphatic carbocycles. The van der Waals surface area contributed by atoms with Crippen LogP contribution in [0.2, 0.25) is 19.6 Å². The molecule has 1 heterocycles. The van der Waals surface area contributed by atoms with E-state index in [4.69, 9.17) is 9.47 Å². The molecule has 1 aliphatic heterocycles. The van der Waals surface area contributed by atoms with Crippen LogP contribution in [0.5, 0.6) is 0 Å². The van der Waals surface area contributed by atoms with E-state index in [9.17, 15) is 14.4 Å². The van der Waals surface area contributed by atoms with Crippen LogP contribution in [0.25, 0.3) is 0 Å². The summed E-state index contributed by atoms with van der Waals surface area (Å²) in [5.74, 6) is 2.59. The molecule has 1 saturated carbocycles. The molecule has 0 aromatic rings. The molecule has 1 N–H and O–H groups in total. The third-order valence-electron chi connectivity index (χ3n) is 5.79. The van der Waals surface area contributed by atoms with Gasteiger partial charge in [-0.25, -0.2) is 9.59 Å². The molecule has 7 nitrogen and oxygen atoms in total. The predicted octanol–water partition coefficient (Wildman–Crippen LogP) is 3.87. The van der Waals surface area contributed by atoms with Crippen molar-refractivity contribution in [3.8, 4) is 11.5 Å². The first kappa shape index (κ1) is 26.2. The van der Waals surface area contributed by atoms with Crippen molar-refractivity contribution in [2.75, 3.05) is 7.11 Å². The van der Waals surface area contributed by atoms with E-state index in [1.807, 2.05) is 0 Å². The molecule has 0 spiro atoms. The number of nitrogens with one attached hydrogen (secondary N) is 1. The van der Waals surface area contributed by atoms with E-state index in [1.54, 1.807) is 25.7 Å². The lowest BCUT2D eigenvalue weighted by Crippen LogP contribution is -2.57. The molecule has 0 bridgehead atoms. The smallest absolute Gasteiger partial charge is 0.408 e. The topological polar surface area (TPSA) is 84.9 Å². The lowest BCUT2D eigenvalue weighted by atomic mass is 9.83. The number of carbonyl (C=O) groups is 3.